The molecule has 1 aromatic carbocycles. The third kappa shape index (κ3) is 5.42. The molecule has 0 spiro atoms. The number of rotatable bonds is 5. The summed E-state index contributed by atoms with van der Waals surface area (Å²) in [4.78, 5) is 55.0. The number of aryl methyl sites for hydroxylation is 2. The average Bonchev–Trinajstić information content (AvgIpc) is 3.73. The Kier molecular flexibility index (Phi) is 7.61. The number of hydrogen-bond acceptors (Lipinski definition) is 8. The van der Waals surface area contributed by atoms with Crippen LogP contribution in [0, 0.1) is 19.8 Å². The molecule has 0 unspecified atom stereocenters. The number of carbonyl (C=O) groups is 3. The number of anilines is 3. The summed E-state index contributed by atoms with van der Waals surface area (Å²) in [5.41, 5.74) is 1.28. The Morgan fingerprint density at radius 1 is 1.18 bits per heavy atom. The first kappa shape index (κ1) is 30.3. The molecule has 5 heterocycles. The van der Waals surface area contributed by atoms with Gasteiger partial charge in [0.05, 0.1) is 29.5 Å². The molecule has 11 nitrogen and oxygen atoms in total. The van der Waals surface area contributed by atoms with Crippen LogP contribution in [0.25, 0.3) is 0 Å². The monoisotopic (exact) mass is 623 g/mol. The van der Waals surface area contributed by atoms with E-state index in [1.807, 2.05) is 17.9 Å². The Morgan fingerprint density at radius 2 is 1.96 bits per heavy atom. The van der Waals surface area contributed by atoms with Gasteiger partial charge in [-0.15, -0.1) is 0 Å². The highest BCUT2D eigenvalue weighted by atomic mass is 19.4. The summed E-state index contributed by atoms with van der Waals surface area (Å²) in [6.45, 7) is 7.79. The molecule has 6 rings (SSSR count). The highest BCUT2D eigenvalue weighted by Crippen LogP contribution is 2.42. The first-order chi connectivity index (χ1) is 21.4. The van der Waals surface area contributed by atoms with E-state index < -0.39 is 35.5 Å². The van der Waals surface area contributed by atoms with E-state index >= 15 is 0 Å². The number of amides is 3. The van der Waals surface area contributed by atoms with Gasteiger partial charge in [-0.05, 0) is 56.5 Å². The minimum absolute atomic E-state index is 0.0747. The third-order valence-corrected chi connectivity index (χ3v) is 8.70. The van der Waals surface area contributed by atoms with E-state index in [2.05, 4.69) is 21.7 Å². The fourth-order valence-corrected chi connectivity index (χ4v) is 6.69. The van der Waals surface area contributed by atoms with Crippen LogP contribution in [0.2, 0.25) is 0 Å². The van der Waals surface area contributed by atoms with Crippen LogP contribution in [0.5, 0.6) is 0 Å². The van der Waals surface area contributed by atoms with Crippen LogP contribution in [-0.4, -0.2) is 63.9 Å². The molecule has 236 valence electrons. The van der Waals surface area contributed by atoms with Crippen molar-refractivity contribution in [2.24, 2.45) is 5.92 Å². The number of likely N-dealkylation sites (tertiary alicyclic amines) is 1. The molecule has 0 N–H and O–H groups in total. The number of nitrogens with zero attached hydrogens (tertiary/aromatic N) is 7. The van der Waals surface area contributed by atoms with Gasteiger partial charge in [-0.3, -0.25) is 19.3 Å². The van der Waals surface area contributed by atoms with Gasteiger partial charge in [-0.1, -0.05) is 23.9 Å². The van der Waals surface area contributed by atoms with Gasteiger partial charge in [-0.25, -0.2) is 4.98 Å². The number of benzene rings is 1. The van der Waals surface area contributed by atoms with E-state index in [9.17, 15) is 27.6 Å². The Hall–Kier alpha value is -4.75. The molecule has 0 aliphatic carbocycles. The van der Waals surface area contributed by atoms with Crippen molar-refractivity contribution >= 4 is 34.9 Å². The van der Waals surface area contributed by atoms with Gasteiger partial charge in [-0.2, -0.15) is 18.2 Å². The Labute approximate surface area is 257 Å². The van der Waals surface area contributed by atoms with Crippen LogP contribution in [-0.2, 0) is 27.1 Å². The molecule has 2 fully saturated rings. The van der Waals surface area contributed by atoms with Crippen molar-refractivity contribution in [1.82, 2.24) is 20.0 Å². The van der Waals surface area contributed by atoms with E-state index in [0.29, 0.717) is 24.5 Å². The van der Waals surface area contributed by atoms with Crippen LogP contribution in [0.1, 0.15) is 53.8 Å². The molecule has 0 saturated carbocycles. The molecule has 3 aromatic rings. The number of para-hydroxylation sites is 1. The largest absolute Gasteiger partial charge is 0.416 e. The minimum Gasteiger partial charge on any atom is -0.360 e. The molecule has 3 atom stereocenters. The number of pyridine rings is 1. The minimum atomic E-state index is -4.66. The first-order valence-electron chi connectivity index (χ1n) is 14.6. The Bertz CT molecular complexity index is 1690. The lowest BCUT2D eigenvalue weighted by molar-refractivity contribution is -0.137. The molecule has 3 aliphatic rings. The number of alkyl halides is 3. The fourth-order valence-electron chi connectivity index (χ4n) is 6.69. The van der Waals surface area contributed by atoms with E-state index in [4.69, 9.17) is 4.52 Å². The highest BCUT2D eigenvalue weighted by molar-refractivity contribution is 6.10. The van der Waals surface area contributed by atoms with Crippen molar-refractivity contribution in [3.05, 3.63) is 71.5 Å². The summed E-state index contributed by atoms with van der Waals surface area (Å²) in [5.74, 6) is -1.27. The van der Waals surface area contributed by atoms with Crippen molar-refractivity contribution in [1.29, 1.82) is 0 Å². The van der Waals surface area contributed by atoms with Gasteiger partial charge < -0.3 is 19.2 Å². The molecular formula is C31H32F3N7O4. The Balaban J connectivity index is 1.37. The maximum Gasteiger partial charge on any atom is 0.416 e. The number of carbonyl (C=O) groups excluding carboxylic acids is 3. The molecule has 45 heavy (non-hydrogen) atoms. The van der Waals surface area contributed by atoms with E-state index in [1.54, 1.807) is 24.1 Å². The van der Waals surface area contributed by atoms with Crippen molar-refractivity contribution in [2.45, 2.75) is 57.9 Å². The van der Waals surface area contributed by atoms with Gasteiger partial charge in [0.25, 0.3) is 0 Å². The standard InChI is InChI=1S/C31H32F3N7O4/c1-5-25(42)40-11-7-10-22(40)29-36-24(45-37-29)16-39-15-19-13-26(43)41(23-14-20(31(32,33)34)12-18(3)35-23)28(19)30(44)38(4)21-9-6-8-17(2)27(21)39/h5-6,8-9,12,14,19,22,28H,1,7,10-11,13,15-16H2,2-4H3/t19-,22+,28+/m1/s1. The Morgan fingerprint density at radius 3 is 2.69 bits per heavy atom. The quantitative estimate of drug-likeness (QED) is 0.386. The van der Waals surface area contributed by atoms with Crippen LogP contribution in [0.15, 0.2) is 47.5 Å². The van der Waals surface area contributed by atoms with Crippen LogP contribution in [0.4, 0.5) is 30.4 Å². The van der Waals surface area contributed by atoms with Gasteiger partial charge in [0.1, 0.15) is 11.9 Å². The molecule has 2 aromatic heterocycles. The van der Waals surface area contributed by atoms with Crippen molar-refractivity contribution in [3.63, 3.8) is 0 Å². The normalized spacial score (nSPS) is 22.0. The predicted molar refractivity (Wildman–Crippen MR) is 157 cm³/mol. The molecule has 0 bridgehead atoms. The lowest BCUT2D eigenvalue weighted by atomic mass is 9.95. The zero-order chi connectivity index (χ0) is 32.2. The van der Waals surface area contributed by atoms with Crippen LogP contribution < -0.4 is 14.7 Å². The first-order valence-corrected chi connectivity index (χ1v) is 14.6. The summed E-state index contributed by atoms with van der Waals surface area (Å²) < 4.78 is 46.8. The lowest BCUT2D eigenvalue weighted by Gasteiger charge is -2.39. The lowest BCUT2D eigenvalue weighted by Crippen LogP contribution is -2.52. The topological polar surface area (TPSA) is 116 Å². The SMILES string of the molecule is C=CC(=O)N1CCC[C@H]1c1noc(CN2C[C@H]3CC(=O)N(c4cc(C(F)(F)F)cc(C)n4)[C@@H]3C(=O)N(C)c3cccc(C)c32)n1. The summed E-state index contributed by atoms with van der Waals surface area (Å²) >= 11 is 0. The van der Waals surface area contributed by atoms with Crippen molar-refractivity contribution in [2.75, 3.05) is 34.8 Å². The molecular weight excluding hydrogens is 591 g/mol. The van der Waals surface area contributed by atoms with Gasteiger partial charge in [0.15, 0.2) is 5.82 Å². The third-order valence-electron chi connectivity index (χ3n) is 8.70. The summed E-state index contributed by atoms with van der Waals surface area (Å²) in [5, 5.41) is 4.18. The van der Waals surface area contributed by atoms with E-state index in [1.165, 1.54) is 17.9 Å². The number of fused-ring (bicyclic) bond motifs is 2. The van der Waals surface area contributed by atoms with E-state index in [-0.39, 0.29) is 48.9 Å². The average molecular weight is 624 g/mol. The van der Waals surface area contributed by atoms with Gasteiger partial charge in [0.2, 0.25) is 23.6 Å². The number of aromatic nitrogens is 3. The zero-order valence-corrected chi connectivity index (χ0v) is 25.0. The fraction of sp³-hybridized carbons (Fsp3) is 0.419. The smallest absolute Gasteiger partial charge is 0.360 e. The maximum absolute atomic E-state index is 14.1. The maximum atomic E-state index is 14.1. The van der Waals surface area contributed by atoms with Gasteiger partial charge >= 0.3 is 6.18 Å². The van der Waals surface area contributed by atoms with Crippen LogP contribution in [0.3, 0.4) is 0 Å². The second-order valence-electron chi connectivity index (χ2n) is 11.7. The van der Waals surface area contributed by atoms with Crippen molar-refractivity contribution < 1.29 is 32.1 Å². The number of hydrogen-bond donors (Lipinski definition) is 0. The van der Waals surface area contributed by atoms with Gasteiger partial charge in [0, 0.05) is 38.2 Å². The summed E-state index contributed by atoms with van der Waals surface area (Å²) in [6, 6.07) is 5.78. The highest BCUT2D eigenvalue weighted by Gasteiger charge is 2.49. The zero-order valence-electron chi connectivity index (χ0n) is 25.0. The molecule has 2 saturated heterocycles. The van der Waals surface area contributed by atoms with E-state index in [0.717, 1.165) is 34.7 Å². The molecule has 0 radical (unpaired) electrons. The summed E-state index contributed by atoms with van der Waals surface area (Å²) in [6.07, 6.45) is -2.00. The summed E-state index contributed by atoms with van der Waals surface area (Å²) in [7, 11) is 1.59. The second kappa shape index (κ2) is 11.3. The van der Waals surface area contributed by atoms with Crippen LogP contribution >= 0.6 is 0 Å². The van der Waals surface area contributed by atoms with Crippen molar-refractivity contribution in [3.8, 4) is 0 Å². The number of likely N-dealkylation sites (N-methyl/N-ethyl adjacent to an activating group) is 1. The molecule has 3 aliphatic heterocycles. The second-order valence-corrected chi connectivity index (χ2v) is 11.7. The predicted octanol–water partition coefficient (Wildman–Crippen LogP) is 4.35. The number of halogens is 3. The molecule has 3 amide bonds. The molecule has 14 heteroatoms.